The van der Waals surface area contributed by atoms with Gasteiger partial charge in [0.2, 0.25) is 0 Å². The Kier molecular flexibility index (Phi) is 5.69. The van der Waals surface area contributed by atoms with E-state index in [9.17, 15) is 9.00 Å². The maximum Gasteiger partial charge on any atom is 0.346 e. The summed E-state index contributed by atoms with van der Waals surface area (Å²) in [6.45, 7) is 2.10. The molecule has 0 saturated carbocycles. The van der Waals surface area contributed by atoms with Crippen LogP contribution in [0.3, 0.4) is 0 Å². The Morgan fingerprint density at radius 1 is 1.50 bits per heavy atom. The Balaban J connectivity index is 2.49. The lowest BCUT2D eigenvalue weighted by molar-refractivity contribution is 0.0701. The van der Waals surface area contributed by atoms with E-state index in [-0.39, 0.29) is 0 Å². The van der Waals surface area contributed by atoms with E-state index in [0.29, 0.717) is 21.9 Å². The summed E-state index contributed by atoms with van der Waals surface area (Å²) in [4.78, 5) is 11.2. The molecule has 0 aromatic carbocycles. The van der Waals surface area contributed by atoms with Crippen molar-refractivity contribution in [2.45, 2.75) is 31.9 Å². The zero-order valence-corrected chi connectivity index (χ0v) is 10.9. The zero-order chi connectivity index (χ0) is 12.0. The highest BCUT2D eigenvalue weighted by molar-refractivity contribution is 7.84. The molecule has 0 aliphatic carbocycles. The molecule has 1 aromatic heterocycles. The van der Waals surface area contributed by atoms with Crippen molar-refractivity contribution in [3.05, 3.63) is 21.9 Å². The van der Waals surface area contributed by atoms with E-state index in [0.717, 1.165) is 19.3 Å². The Hall–Kier alpha value is -0.680. The molecule has 1 atom stereocenters. The number of aromatic carboxylic acids is 1. The van der Waals surface area contributed by atoms with Crippen LogP contribution in [0.15, 0.2) is 11.4 Å². The molecule has 1 unspecified atom stereocenters. The molecule has 0 spiro atoms. The molecular formula is C11H16O3S2. The number of carboxylic acid groups (broad SMARTS) is 1. The van der Waals surface area contributed by atoms with Gasteiger partial charge in [0.25, 0.3) is 0 Å². The van der Waals surface area contributed by atoms with Gasteiger partial charge >= 0.3 is 5.97 Å². The summed E-state index contributed by atoms with van der Waals surface area (Å²) in [6.07, 6.45) is 3.15. The van der Waals surface area contributed by atoms with Crippen molar-refractivity contribution < 1.29 is 14.1 Å². The lowest BCUT2D eigenvalue weighted by Gasteiger charge is -2.01. The lowest BCUT2D eigenvalue weighted by atomic mass is 10.3. The van der Waals surface area contributed by atoms with Crippen molar-refractivity contribution in [2.75, 3.05) is 5.75 Å². The second-order valence-electron chi connectivity index (χ2n) is 3.58. The van der Waals surface area contributed by atoms with Crippen molar-refractivity contribution in [2.24, 2.45) is 0 Å². The van der Waals surface area contributed by atoms with Gasteiger partial charge in [0.05, 0.1) is 5.75 Å². The third-order valence-corrected chi connectivity index (χ3v) is 4.55. The Morgan fingerprint density at radius 2 is 2.25 bits per heavy atom. The molecule has 90 valence electrons. The first kappa shape index (κ1) is 13.4. The molecule has 0 bridgehead atoms. The normalized spacial score (nSPS) is 12.6. The maximum atomic E-state index is 11.7. The number of thiophene rings is 1. The van der Waals surface area contributed by atoms with Crippen LogP contribution in [0.2, 0.25) is 0 Å². The van der Waals surface area contributed by atoms with Crippen molar-refractivity contribution in [3.63, 3.8) is 0 Å². The number of hydrogen-bond donors (Lipinski definition) is 1. The largest absolute Gasteiger partial charge is 0.477 e. The summed E-state index contributed by atoms with van der Waals surface area (Å²) < 4.78 is 11.7. The highest BCUT2D eigenvalue weighted by atomic mass is 32.2. The van der Waals surface area contributed by atoms with Crippen molar-refractivity contribution in [1.82, 2.24) is 0 Å². The number of unbranched alkanes of at least 4 members (excludes halogenated alkanes) is 2. The van der Waals surface area contributed by atoms with Crippen LogP contribution in [0, 0.1) is 0 Å². The van der Waals surface area contributed by atoms with Crippen LogP contribution in [-0.2, 0) is 16.6 Å². The first-order valence-electron chi connectivity index (χ1n) is 5.29. The minimum atomic E-state index is -0.934. The maximum absolute atomic E-state index is 11.7. The molecule has 0 saturated heterocycles. The summed E-state index contributed by atoms with van der Waals surface area (Å²) in [7, 11) is -0.934. The summed E-state index contributed by atoms with van der Waals surface area (Å²) in [5, 5.41) is 10.6. The average Bonchev–Trinajstić information content (AvgIpc) is 2.66. The van der Waals surface area contributed by atoms with Crippen molar-refractivity contribution in [3.8, 4) is 0 Å². The minimum Gasteiger partial charge on any atom is -0.477 e. The highest BCUT2D eigenvalue weighted by Gasteiger charge is 2.13. The van der Waals surface area contributed by atoms with Crippen LogP contribution >= 0.6 is 11.3 Å². The average molecular weight is 260 g/mol. The van der Waals surface area contributed by atoms with Gasteiger partial charge in [-0.1, -0.05) is 19.8 Å². The number of rotatable bonds is 7. The molecule has 1 N–H and O–H groups in total. The van der Waals surface area contributed by atoms with Gasteiger partial charge in [-0.15, -0.1) is 11.3 Å². The first-order valence-corrected chi connectivity index (χ1v) is 7.66. The minimum absolute atomic E-state index is 0.323. The van der Waals surface area contributed by atoms with E-state index >= 15 is 0 Å². The fraction of sp³-hybridized carbons (Fsp3) is 0.545. The molecule has 0 radical (unpaired) electrons. The number of carboxylic acids is 1. The van der Waals surface area contributed by atoms with Gasteiger partial charge in [-0.05, 0) is 23.4 Å². The molecule has 3 nitrogen and oxygen atoms in total. The Bertz CT molecular complexity index is 371. The molecule has 1 aromatic rings. The first-order chi connectivity index (χ1) is 7.65. The summed E-state index contributed by atoms with van der Waals surface area (Å²) in [6, 6.07) is 1.76. The molecule has 0 amide bonds. The van der Waals surface area contributed by atoms with E-state index in [4.69, 9.17) is 5.11 Å². The highest BCUT2D eigenvalue weighted by Crippen LogP contribution is 2.18. The standard InChI is InChI=1S/C11H16O3S2/c1-2-3-4-7-16(14)8-9-5-6-15-10(9)11(12)13/h5-6H,2-4,7-8H2,1H3,(H,12,13). The SMILES string of the molecule is CCCCCS(=O)Cc1ccsc1C(=O)O. The molecule has 0 aliphatic rings. The van der Waals surface area contributed by atoms with Crippen LogP contribution in [0.4, 0.5) is 0 Å². The second-order valence-corrected chi connectivity index (χ2v) is 6.07. The molecule has 0 aliphatic heterocycles. The van der Waals surface area contributed by atoms with Crippen LogP contribution in [0.1, 0.15) is 41.4 Å². The van der Waals surface area contributed by atoms with Crippen molar-refractivity contribution in [1.29, 1.82) is 0 Å². The van der Waals surface area contributed by atoms with Crippen LogP contribution in [0.5, 0.6) is 0 Å². The van der Waals surface area contributed by atoms with Crippen LogP contribution in [0.25, 0.3) is 0 Å². The predicted molar refractivity (Wildman–Crippen MR) is 67.5 cm³/mol. The second kappa shape index (κ2) is 6.81. The summed E-state index contributed by atoms with van der Waals surface area (Å²) in [5.41, 5.74) is 0.701. The van der Waals surface area contributed by atoms with E-state index in [1.54, 1.807) is 11.4 Å². The van der Waals surface area contributed by atoms with Crippen LogP contribution in [-0.4, -0.2) is 21.0 Å². The smallest absolute Gasteiger partial charge is 0.346 e. The molecule has 0 fully saturated rings. The fourth-order valence-electron chi connectivity index (χ4n) is 1.40. The van der Waals surface area contributed by atoms with E-state index < -0.39 is 16.8 Å². The predicted octanol–water partition coefficient (Wildman–Crippen LogP) is 2.89. The monoisotopic (exact) mass is 260 g/mol. The molecular weight excluding hydrogens is 244 g/mol. The van der Waals surface area contributed by atoms with E-state index in [1.165, 1.54) is 11.3 Å². The van der Waals surface area contributed by atoms with Gasteiger partial charge in [0.1, 0.15) is 4.88 Å². The van der Waals surface area contributed by atoms with Gasteiger partial charge in [-0.3, -0.25) is 4.21 Å². The summed E-state index contributed by atoms with van der Waals surface area (Å²) >= 11 is 1.19. The van der Waals surface area contributed by atoms with Gasteiger partial charge in [-0.2, -0.15) is 0 Å². The van der Waals surface area contributed by atoms with Gasteiger partial charge in [-0.25, -0.2) is 4.79 Å². The third kappa shape index (κ3) is 4.06. The molecule has 1 heterocycles. The number of carbonyl (C=O) groups is 1. The topological polar surface area (TPSA) is 54.4 Å². The molecule has 16 heavy (non-hydrogen) atoms. The van der Waals surface area contributed by atoms with Gasteiger partial charge in [0, 0.05) is 16.6 Å². The summed E-state index contributed by atoms with van der Waals surface area (Å²) in [5.74, 6) is 0.118. The molecule has 1 rings (SSSR count). The zero-order valence-electron chi connectivity index (χ0n) is 9.27. The third-order valence-electron chi connectivity index (χ3n) is 2.23. The lowest BCUT2D eigenvalue weighted by Crippen LogP contribution is -2.04. The number of hydrogen-bond acceptors (Lipinski definition) is 3. The Morgan fingerprint density at radius 3 is 2.88 bits per heavy atom. The van der Waals surface area contributed by atoms with E-state index in [2.05, 4.69) is 6.92 Å². The van der Waals surface area contributed by atoms with Crippen LogP contribution < -0.4 is 0 Å². The molecule has 5 heteroatoms. The van der Waals surface area contributed by atoms with Gasteiger partial charge < -0.3 is 5.11 Å². The quantitative estimate of drug-likeness (QED) is 0.767. The fourth-order valence-corrected chi connectivity index (χ4v) is 3.51. The van der Waals surface area contributed by atoms with Crippen molar-refractivity contribution >= 4 is 28.1 Å². The Labute approximate surface area is 102 Å². The van der Waals surface area contributed by atoms with Gasteiger partial charge in [0.15, 0.2) is 0 Å². The van der Waals surface area contributed by atoms with E-state index in [1.807, 2.05) is 0 Å².